The Hall–Kier alpha value is -0.309. The smallest absolute Gasteiger partial charge is 1.00 e. The molecule has 0 saturated carbocycles. The summed E-state index contributed by atoms with van der Waals surface area (Å²) < 4.78 is 0. The van der Waals surface area contributed by atoms with Gasteiger partial charge in [0.1, 0.15) is 5.75 Å². The predicted molar refractivity (Wildman–Crippen MR) is 42.2 cm³/mol. The van der Waals surface area contributed by atoms with Gasteiger partial charge in [0.25, 0.3) is 0 Å². The summed E-state index contributed by atoms with van der Waals surface area (Å²) in [6.45, 7) is 0. The molecule has 1 N–H and O–H groups in total. The predicted octanol–water partition coefficient (Wildman–Crippen LogP) is -18.6. The van der Waals surface area contributed by atoms with Crippen molar-refractivity contribution in [3.63, 3.8) is 0 Å². The van der Waals surface area contributed by atoms with Gasteiger partial charge in [-0.3, -0.25) is 0 Å². The Morgan fingerprint density at radius 1 is 0.667 bits per heavy atom. The van der Waals surface area contributed by atoms with Crippen molar-refractivity contribution in [2.45, 2.75) is 0 Å². The van der Waals surface area contributed by atoms with Crippen molar-refractivity contribution >= 4 is 18.0 Å². The fraction of sp³-hybridized carbons (Fsp3) is 0. The maximum Gasteiger partial charge on any atom is 3.00 e. The van der Waals surface area contributed by atoms with Crippen LogP contribution in [0.15, 0.2) is 30.3 Å². The van der Waals surface area contributed by atoms with E-state index in [9.17, 15) is 0 Å². The first-order chi connectivity index (χ1) is 3.39. The Morgan fingerprint density at radius 3 is 1.07 bits per heavy atom. The van der Waals surface area contributed by atoms with Crippen LogP contribution < -0.4 is 28.2 Å². The second-order valence-electron chi connectivity index (χ2n) is 1.34. The minimum atomic E-state index is 0. The maximum atomic E-state index is 8.63. The van der Waals surface area contributed by atoms with Crippen LogP contribution >= 0.6 is 0 Å². The molecule has 0 amide bonds. The molecule has 0 aromatic heterocycles. The summed E-state index contributed by atoms with van der Waals surface area (Å²) in [5.74, 6) is 0.322. The number of phenolic OH excluding ortho intramolecular Hbond substituents is 1. The summed E-state index contributed by atoms with van der Waals surface area (Å²) in [6, 6.07) is 8.71. The Balaban J connectivity index is -0.0000000102. The SMILES string of the molecule is Oc1ccccc1.[AsH6+3].[Cr+3].[F-].[F-].[F-].[F-].[F-].[F-]. The first kappa shape index (κ1) is 61.5. The third kappa shape index (κ3) is 31.6. The molecule has 9 heteroatoms. The van der Waals surface area contributed by atoms with Crippen molar-refractivity contribution in [3.05, 3.63) is 30.3 Å². The number of hydrogen-bond donors (Lipinski definition) is 1. The fourth-order valence-electron chi connectivity index (χ4n) is 0.428. The van der Waals surface area contributed by atoms with E-state index < -0.39 is 0 Å². The normalized spacial score (nSPS) is 4.00. The van der Waals surface area contributed by atoms with E-state index >= 15 is 0 Å². The van der Waals surface area contributed by atoms with Gasteiger partial charge in [0, 0.05) is 0 Å². The Kier molecular flexibility index (Phi) is 153. The number of phenols is 1. The van der Waals surface area contributed by atoms with Gasteiger partial charge in [-0.2, -0.15) is 0 Å². The summed E-state index contributed by atoms with van der Waals surface area (Å²) in [5.41, 5.74) is 0. The topological polar surface area (TPSA) is 20.2 Å². The second kappa shape index (κ2) is 37.3. The van der Waals surface area contributed by atoms with Gasteiger partial charge in [0.2, 0.25) is 0 Å². The Bertz CT molecular complexity index is 158. The molecule has 1 rings (SSSR count). The molecule has 0 aliphatic heterocycles. The molecule has 0 unspecified atom stereocenters. The van der Waals surface area contributed by atoms with Gasteiger partial charge in [0.05, 0.1) is 0 Å². The van der Waals surface area contributed by atoms with Gasteiger partial charge in [-0.05, 0) is 12.1 Å². The third-order valence-electron chi connectivity index (χ3n) is 0.756. The van der Waals surface area contributed by atoms with Crippen LogP contribution in [0, 0.1) is 0 Å². The van der Waals surface area contributed by atoms with Crippen LogP contribution in [0.3, 0.4) is 0 Å². The number of benzene rings is 1. The van der Waals surface area contributed by atoms with Crippen LogP contribution in [0.4, 0.5) is 0 Å². The number of para-hydroxylation sites is 1. The summed E-state index contributed by atoms with van der Waals surface area (Å²) in [7, 11) is 0. The zero-order valence-corrected chi connectivity index (χ0v) is 7.79. The Morgan fingerprint density at radius 2 is 0.933 bits per heavy atom. The van der Waals surface area contributed by atoms with Crippen molar-refractivity contribution in [3.8, 4) is 5.75 Å². The zero-order chi connectivity index (χ0) is 5.11. The largest absolute Gasteiger partial charge is 3.00 e. The van der Waals surface area contributed by atoms with E-state index in [0.29, 0.717) is 5.75 Å². The van der Waals surface area contributed by atoms with Gasteiger partial charge in [-0.1, -0.05) is 18.2 Å². The molecule has 15 heavy (non-hydrogen) atoms. The monoisotopic (exact) mass is 341 g/mol. The molecular weight excluding hydrogens is 329 g/mol. The van der Waals surface area contributed by atoms with E-state index in [2.05, 4.69) is 0 Å². The average molecular weight is 341 g/mol. The minimum Gasteiger partial charge on any atom is -1.00 e. The van der Waals surface area contributed by atoms with Crippen molar-refractivity contribution in [1.29, 1.82) is 0 Å². The molecule has 1 radical (unpaired) electrons. The van der Waals surface area contributed by atoms with E-state index in [1.807, 2.05) is 6.07 Å². The minimum absolute atomic E-state index is 0. The van der Waals surface area contributed by atoms with Gasteiger partial charge in [-0.25, -0.2) is 0 Å². The standard InChI is InChI=1S/C6H6O.AsH6.Cr.6FH/c7-6-4-2-1-3-5-6;;;;;;;;/h1-5,7H;1H6;;6*1H/q;2*+3;;;;;;/p-6. The van der Waals surface area contributed by atoms with Crippen LogP contribution in [0.2, 0.25) is 0 Å². The maximum absolute atomic E-state index is 8.63. The average Bonchev–Trinajstić information content (AvgIpc) is 1.69. The molecular formula is C6H12AsCrF6O. The van der Waals surface area contributed by atoms with Crippen molar-refractivity contribution in [1.82, 2.24) is 0 Å². The van der Waals surface area contributed by atoms with E-state index in [-0.39, 0.29) is 63.5 Å². The van der Waals surface area contributed by atoms with Gasteiger partial charge < -0.3 is 33.3 Å². The quantitative estimate of drug-likeness (QED) is 0.367. The van der Waals surface area contributed by atoms with Gasteiger partial charge in [-0.15, -0.1) is 0 Å². The molecule has 0 saturated heterocycles. The molecule has 0 fully saturated rings. The first-order valence-electron chi connectivity index (χ1n) is 2.13. The van der Waals surface area contributed by atoms with E-state index in [1.165, 1.54) is 0 Å². The van der Waals surface area contributed by atoms with Gasteiger partial charge in [0.15, 0.2) is 0 Å². The molecule has 0 bridgehead atoms. The van der Waals surface area contributed by atoms with Gasteiger partial charge >= 0.3 is 35.3 Å². The van der Waals surface area contributed by atoms with Crippen LogP contribution in [-0.4, -0.2) is 23.1 Å². The second-order valence-corrected chi connectivity index (χ2v) is 1.34. The third-order valence-corrected chi connectivity index (χ3v) is 0.756. The molecule has 0 spiro atoms. The molecule has 0 aliphatic carbocycles. The zero-order valence-electron chi connectivity index (χ0n) is 6.51. The number of halogens is 6. The van der Waals surface area contributed by atoms with E-state index in [4.69, 9.17) is 5.11 Å². The summed E-state index contributed by atoms with van der Waals surface area (Å²) in [4.78, 5) is 0. The molecule has 95 valence electrons. The molecule has 0 heterocycles. The molecule has 1 aromatic rings. The molecule has 0 aliphatic rings. The van der Waals surface area contributed by atoms with Crippen molar-refractivity contribution in [2.75, 3.05) is 0 Å². The first-order valence-corrected chi connectivity index (χ1v) is 2.13. The summed E-state index contributed by atoms with van der Waals surface area (Å²) in [5, 5.41) is 8.63. The molecule has 1 aromatic carbocycles. The van der Waals surface area contributed by atoms with Crippen molar-refractivity contribution in [2.24, 2.45) is 0 Å². The summed E-state index contributed by atoms with van der Waals surface area (Å²) in [6.07, 6.45) is 0. The van der Waals surface area contributed by atoms with Crippen LogP contribution in [0.1, 0.15) is 0 Å². The number of aromatic hydroxyl groups is 1. The van der Waals surface area contributed by atoms with Crippen molar-refractivity contribution < 1.29 is 50.7 Å². The molecule has 0 atom stereocenters. The van der Waals surface area contributed by atoms with Crippen LogP contribution in [0.25, 0.3) is 0 Å². The van der Waals surface area contributed by atoms with E-state index in [0.717, 1.165) is 0 Å². The number of rotatable bonds is 0. The molecule has 1 nitrogen and oxygen atoms in total. The summed E-state index contributed by atoms with van der Waals surface area (Å²) >= 11 is 0. The fourth-order valence-corrected chi connectivity index (χ4v) is 0.428. The van der Waals surface area contributed by atoms with Crippen LogP contribution in [0.5, 0.6) is 5.75 Å². The van der Waals surface area contributed by atoms with Crippen LogP contribution in [-0.2, 0) is 17.4 Å². The Labute approximate surface area is 105 Å². The van der Waals surface area contributed by atoms with E-state index in [1.54, 1.807) is 24.3 Å². The number of hydrogen-bond acceptors (Lipinski definition) is 1.